The van der Waals surface area contributed by atoms with Crippen LogP contribution >= 0.6 is 15.6 Å². The zero-order valence-electron chi connectivity index (χ0n) is 23.8. The van der Waals surface area contributed by atoms with Gasteiger partial charge in [0.25, 0.3) is 0 Å². The minimum atomic E-state index is -5.01. The monoisotopic (exact) mass is 643 g/mol. The predicted octanol–water partition coefficient (Wildman–Crippen LogP) is 5.93. The molecule has 2 atom stereocenters. The van der Waals surface area contributed by atoms with Crippen molar-refractivity contribution in [2.24, 2.45) is 5.73 Å². The highest BCUT2D eigenvalue weighted by molar-refractivity contribution is 7.61. The zero-order valence-corrected chi connectivity index (χ0v) is 25.6. The number of aromatic nitrogens is 1. The molecule has 1 aromatic heterocycles. The Kier molecular flexibility index (Phi) is 10.6. The van der Waals surface area contributed by atoms with Crippen molar-refractivity contribution in [3.8, 4) is 11.5 Å². The van der Waals surface area contributed by atoms with Crippen molar-refractivity contribution in [1.82, 2.24) is 4.98 Å². The van der Waals surface area contributed by atoms with Crippen molar-refractivity contribution in [2.45, 2.75) is 13.5 Å². The Labute approximate surface area is 253 Å². The molecule has 0 fully saturated rings. The van der Waals surface area contributed by atoms with Crippen LogP contribution in [-0.4, -0.2) is 41.1 Å². The number of nitrogens with one attached hydrogen (secondary N) is 1. The third-order valence-electron chi connectivity index (χ3n) is 6.05. The number of carbonyl (C=O) groups excluding carboxylic acids is 1. The number of nitrogens with zero attached hydrogens (tertiary/aromatic N) is 1. The Morgan fingerprint density at radius 2 is 1.75 bits per heavy atom. The van der Waals surface area contributed by atoms with Crippen molar-refractivity contribution in [3.05, 3.63) is 102 Å². The fourth-order valence-corrected chi connectivity index (χ4v) is 6.21. The first kappa shape index (κ1) is 32.8. The fraction of sp³-hybridized carbons (Fsp3) is 0.172. The average Bonchev–Trinajstić information content (AvgIpc) is 2.98. The van der Waals surface area contributed by atoms with Gasteiger partial charge in [-0.15, -0.1) is 0 Å². The first-order chi connectivity index (χ1) is 20.9. The molecule has 3 aromatic carbocycles. The van der Waals surface area contributed by atoms with Crippen LogP contribution in [0.3, 0.4) is 0 Å². The summed E-state index contributed by atoms with van der Waals surface area (Å²) in [5, 5.41) is 3.63. The Bertz CT molecular complexity index is 1760. The minimum absolute atomic E-state index is 0.106. The van der Waals surface area contributed by atoms with Gasteiger partial charge in [0.15, 0.2) is 0 Å². The quantitative estimate of drug-likeness (QED) is 0.126. The number of para-hydroxylation sites is 1. The molecule has 0 aliphatic rings. The summed E-state index contributed by atoms with van der Waals surface area (Å²) >= 11 is 0. The van der Waals surface area contributed by atoms with Crippen LogP contribution in [0.1, 0.15) is 22.4 Å². The number of phosphoric ester groups is 2. The smallest absolute Gasteiger partial charge is 0.495 e. The third-order valence-corrected chi connectivity index (χ3v) is 8.65. The second-order valence-corrected chi connectivity index (χ2v) is 12.3. The minimum Gasteiger partial charge on any atom is -0.495 e. The molecule has 0 aliphatic carbocycles. The van der Waals surface area contributed by atoms with Gasteiger partial charge in [0.05, 0.1) is 24.9 Å². The van der Waals surface area contributed by atoms with E-state index in [9.17, 15) is 23.7 Å². The largest absolute Gasteiger partial charge is 0.536 e. The molecular formula is C29H31N3O10P2. The first-order valence-electron chi connectivity index (χ1n) is 13.1. The van der Waals surface area contributed by atoms with Crippen LogP contribution in [0.25, 0.3) is 16.5 Å². The molecule has 4 rings (SSSR count). The van der Waals surface area contributed by atoms with Crippen LogP contribution in [0, 0.1) is 6.92 Å². The van der Waals surface area contributed by atoms with E-state index in [0.717, 1.165) is 33.3 Å². The number of aryl methyl sites for hydroxylation is 1. The Morgan fingerprint density at radius 3 is 2.45 bits per heavy atom. The summed E-state index contributed by atoms with van der Waals surface area (Å²) in [5.74, 6) is 0.258. The van der Waals surface area contributed by atoms with E-state index in [2.05, 4.69) is 25.7 Å². The second kappa shape index (κ2) is 14.1. The van der Waals surface area contributed by atoms with Crippen molar-refractivity contribution in [3.63, 3.8) is 0 Å². The van der Waals surface area contributed by atoms with Crippen molar-refractivity contribution in [1.29, 1.82) is 0 Å². The van der Waals surface area contributed by atoms with E-state index < -0.39 is 21.7 Å². The van der Waals surface area contributed by atoms with Gasteiger partial charge in [-0.3, -0.25) is 19.7 Å². The number of rotatable bonds is 13. The maximum atomic E-state index is 12.7. The number of pyridine rings is 1. The summed E-state index contributed by atoms with van der Waals surface area (Å²) in [5.41, 5.74) is 10.1. The highest BCUT2D eigenvalue weighted by atomic mass is 31.3. The summed E-state index contributed by atoms with van der Waals surface area (Å²) in [6.07, 6.45) is -0.763. The Balaban J connectivity index is 1.40. The molecule has 0 spiro atoms. The highest BCUT2D eigenvalue weighted by Crippen LogP contribution is 2.60. The topological polar surface area (TPSA) is 189 Å². The van der Waals surface area contributed by atoms with E-state index in [4.69, 9.17) is 19.7 Å². The van der Waals surface area contributed by atoms with E-state index >= 15 is 0 Å². The van der Waals surface area contributed by atoms with Crippen LogP contribution in [0.15, 0.2) is 79.4 Å². The number of phosphoric acid groups is 2. The Morgan fingerprint density at radius 1 is 1.02 bits per heavy atom. The summed E-state index contributed by atoms with van der Waals surface area (Å²) < 4.78 is 48.0. The number of methoxy groups -OCH3 is 1. The molecule has 0 radical (unpaired) electrons. The number of nitrogens with two attached hydrogens (primary N) is 1. The molecule has 15 heteroatoms. The van der Waals surface area contributed by atoms with Crippen molar-refractivity contribution in [2.75, 3.05) is 25.6 Å². The SMILES string of the molecule is C=C(c1ccc(OC)c(NC(=O)OCc2ccc(OP(=O)(O)OP(=O)(O)OCCN)cc2)c1)c1cc(C)nc2ccccc12. The number of ether oxygens (including phenoxy) is 2. The lowest BCUT2D eigenvalue weighted by molar-refractivity contribution is 0.155. The van der Waals surface area contributed by atoms with Gasteiger partial charge in [-0.1, -0.05) is 43.0 Å². The van der Waals surface area contributed by atoms with Gasteiger partial charge >= 0.3 is 21.7 Å². The lowest BCUT2D eigenvalue weighted by Gasteiger charge is -2.16. The molecule has 1 heterocycles. The molecule has 0 saturated heterocycles. The second-order valence-electron chi connectivity index (χ2n) is 9.30. The molecule has 0 bridgehead atoms. The lowest BCUT2D eigenvalue weighted by Crippen LogP contribution is -2.14. The molecule has 13 nitrogen and oxygen atoms in total. The first-order valence-corrected chi connectivity index (χ1v) is 16.1. The van der Waals surface area contributed by atoms with E-state index in [-0.39, 0.29) is 25.5 Å². The van der Waals surface area contributed by atoms with E-state index in [1.807, 2.05) is 43.3 Å². The van der Waals surface area contributed by atoms with Crippen LogP contribution in [-0.2, 0) is 29.3 Å². The third kappa shape index (κ3) is 8.75. The number of amides is 1. The van der Waals surface area contributed by atoms with Gasteiger partial charge < -0.3 is 24.6 Å². The van der Waals surface area contributed by atoms with E-state index in [1.54, 1.807) is 12.1 Å². The zero-order chi connectivity index (χ0) is 31.9. The van der Waals surface area contributed by atoms with Gasteiger partial charge in [0, 0.05) is 17.6 Å². The number of anilines is 1. The van der Waals surface area contributed by atoms with Gasteiger partial charge in [-0.05, 0) is 65.6 Å². The lowest BCUT2D eigenvalue weighted by atomic mass is 9.95. The maximum absolute atomic E-state index is 12.7. The molecule has 0 aliphatic heterocycles. The van der Waals surface area contributed by atoms with Gasteiger partial charge in [-0.25, -0.2) is 13.9 Å². The molecule has 0 saturated carbocycles. The predicted molar refractivity (Wildman–Crippen MR) is 164 cm³/mol. The molecular weight excluding hydrogens is 612 g/mol. The van der Waals surface area contributed by atoms with Gasteiger partial charge in [-0.2, -0.15) is 4.31 Å². The van der Waals surface area contributed by atoms with Crippen molar-refractivity contribution < 1.29 is 46.5 Å². The molecule has 44 heavy (non-hydrogen) atoms. The average molecular weight is 644 g/mol. The highest BCUT2D eigenvalue weighted by Gasteiger charge is 2.36. The molecule has 1 amide bonds. The van der Waals surface area contributed by atoms with Crippen LogP contribution in [0.4, 0.5) is 10.5 Å². The number of carbonyl (C=O) groups is 1. The van der Waals surface area contributed by atoms with Crippen LogP contribution in [0.5, 0.6) is 11.5 Å². The number of fused-ring (bicyclic) bond motifs is 1. The summed E-state index contributed by atoms with van der Waals surface area (Å²) in [4.78, 5) is 36.5. The van der Waals surface area contributed by atoms with E-state index in [0.29, 0.717) is 17.0 Å². The van der Waals surface area contributed by atoms with Gasteiger partial charge in [0.1, 0.15) is 18.1 Å². The maximum Gasteiger partial charge on any atom is 0.536 e. The van der Waals surface area contributed by atoms with E-state index in [1.165, 1.54) is 31.4 Å². The normalized spacial score (nSPS) is 13.8. The fourth-order valence-electron chi connectivity index (χ4n) is 4.12. The van der Waals surface area contributed by atoms with Crippen molar-refractivity contribution >= 4 is 43.9 Å². The molecule has 232 valence electrons. The number of hydrogen-bond donors (Lipinski definition) is 4. The number of hydrogen-bond acceptors (Lipinski definition) is 10. The van der Waals surface area contributed by atoms with Crippen LogP contribution < -0.4 is 20.3 Å². The summed E-state index contributed by atoms with van der Waals surface area (Å²) in [7, 11) is -8.40. The van der Waals surface area contributed by atoms with Gasteiger partial charge in [0.2, 0.25) is 0 Å². The molecule has 5 N–H and O–H groups in total. The summed E-state index contributed by atoms with van der Waals surface area (Å²) in [6, 6.07) is 20.5. The molecule has 2 unspecified atom stereocenters. The number of benzene rings is 3. The Hall–Kier alpha value is -4.06. The van der Waals surface area contributed by atoms with Crippen LogP contribution in [0.2, 0.25) is 0 Å². The molecule has 4 aromatic rings. The standard InChI is InChI=1S/C29H31N3O10P2/c1-19-16-25(24-6-4-5-7-26(24)31-19)20(2)22-10-13-28(38-3)27(17-22)32-29(33)39-18-21-8-11-23(12-9-21)41-44(36,37)42-43(34,35)40-15-14-30/h4-13,16-17H,2,14-15,18,30H2,1,3H3,(H,32,33)(H,34,35)(H,36,37). The summed E-state index contributed by atoms with van der Waals surface area (Å²) in [6.45, 7) is 5.58.